The summed E-state index contributed by atoms with van der Waals surface area (Å²) in [6.07, 6.45) is 0. The quantitative estimate of drug-likeness (QED) is 0.213. The van der Waals surface area contributed by atoms with E-state index in [2.05, 4.69) is 15.0 Å². The van der Waals surface area contributed by atoms with Gasteiger partial charge in [0.15, 0.2) is 6.54 Å². The van der Waals surface area contributed by atoms with Gasteiger partial charge in [-0.1, -0.05) is 30.0 Å². The summed E-state index contributed by atoms with van der Waals surface area (Å²) in [5, 5.41) is 47.8. The highest BCUT2D eigenvalue weighted by atomic mass is 32.2. The Kier molecular flexibility index (Phi) is 6.53. The highest BCUT2D eigenvalue weighted by molar-refractivity contribution is 7.92. The number of nitro benzene ring substituents is 1. The molecule has 0 radical (unpaired) electrons. The Morgan fingerprint density at radius 1 is 1.12 bits per heavy atom. The van der Waals surface area contributed by atoms with Gasteiger partial charge in [-0.25, -0.2) is 13.2 Å². The molecule has 0 unspecified atom stereocenters. The Hall–Kier alpha value is -4.52. The standard InChI is InChI=1S/C20H16N4O8S/c25-18-8-5-12(9-19(18)26)11-21-22-16-7-6-13(10-17(16)24(29)30)33(31,32)23-15-4-2-1-3-14(15)20(27)28/h1-10,23,25-26H,11H2,(H,27,28). The Labute approximate surface area is 186 Å². The second-order valence-corrected chi connectivity index (χ2v) is 8.30. The molecule has 0 saturated heterocycles. The van der Waals surface area contributed by atoms with Gasteiger partial charge < -0.3 is 15.3 Å². The molecule has 0 aliphatic carbocycles. The van der Waals surface area contributed by atoms with Crippen molar-refractivity contribution in [2.45, 2.75) is 11.4 Å². The van der Waals surface area contributed by atoms with Gasteiger partial charge in [0.1, 0.15) is 5.75 Å². The van der Waals surface area contributed by atoms with E-state index in [0.29, 0.717) is 5.56 Å². The van der Waals surface area contributed by atoms with Crippen LogP contribution in [0.3, 0.4) is 0 Å². The lowest BCUT2D eigenvalue weighted by atomic mass is 10.2. The van der Waals surface area contributed by atoms with Crippen molar-refractivity contribution in [2.24, 2.45) is 5.11 Å². The van der Waals surface area contributed by atoms with E-state index in [9.17, 15) is 38.6 Å². The number of phenolic OH excluding ortho intramolecular Hbond substituents is 1. The molecule has 3 aromatic rings. The molecule has 0 aliphatic rings. The SMILES string of the molecule is O=C(O)c1ccccc1NS(=O)(=O)c1ccc(N=[NH+]Cc2ccc([O-])c(O)c2)c([N+](=O)[O-])c1. The molecular weight excluding hydrogens is 456 g/mol. The highest BCUT2D eigenvalue weighted by Gasteiger charge is 2.24. The van der Waals surface area contributed by atoms with Crippen LogP contribution in [-0.4, -0.2) is 29.5 Å². The Bertz CT molecular complexity index is 1370. The van der Waals surface area contributed by atoms with Crippen LogP contribution < -0.4 is 14.9 Å². The smallest absolute Gasteiger partial charge is 0.337 e. The molecule has 13 heteroatoms. The third kappa shape index (κ3) is 5.40. The summed E-state index contributed by atoms with van der Waals surface area (Å²) in [7, 11) is -4.35. The van der Waals surface area contributed by atoms with Crippen molar-refractivity contribution < 1.29 is 38.6 Å². The van der Waals surface area contributed by atoms with E-state index in [-0.39, 0.29) is 23.5 Å². The molecule has 0 aliphatic heterocycles. The minimum Gasteiger partial charge on any atom is -0.870 e. The van der Waals surface area contributed by atoms with Crippen LogP contribution >= 0.6 is 0 Å². The molecular formula is C20H16N4O8S. The number of nitrogens with zero attached hydrogens (tertiary/aromatic N) is 2. The van der Waals surface area contributed by atoms with Gasteiger partial charge in [-0.05, 0) is 35.4 Å². The number of carboxylic acid groups (broad SMARTS) is 1. The fourth-order valence-electron chi connectivity index (χ4n) is 2.76. The molecule has 0 bridgehead atoms. The zero-order valence-corrected chi connectivity index (χ0v) is 17.4. The summed E-state index contributed by atoms with van der Waals surface area (Å²) < 4.78 is 27.5. The van der Waals surface area contributed by atoms with Gasteiger partial charge in [-0.15, -0.1) is 5.11 Å². The molecule has 0 fully saturated rings. The number of carboxylic acids is 1. The van der Waals surface area contributed by atoms with Crippen molar-refractivity contribution in [1.29, 1.82) is 0 Å². The van der Waals surface area contributed by atoms with Gasteiger partial charge in [0, 0.05) is 11.6 Å². The van der Waals surface area contributed by atoms with E-state index in [0.717, 1.165) is 24.3 Å². The van der Waals surface area contributed by atoms with Crippen molar-refractivity contribution in [3.05, 3.63) is 81.9 Å². The maximum atomic E-state index is 12.7. The number of azo groups is 1. The lowest BCUT2D eigenvalue weighted by Gasteiger charge is -2.10. The zero-order chi connectivity index (χ0) is 24.2. The van der Waals surface area contributed by atoms with Crippen molar-refractivity contribution in [3.8, 4) is 11.5 Å². The third-order valence-corrected chi connectivity index (χ3v) is 5.72. The topological polar surface area (TPSA) is 196 Å². The van der Waals surface area contributed by atoms with Crippen molar-refractivity contribution in [2.75, 3.05) is 4.72 Å². The molecule has 0 saturated carbocycles. The fourth-order valence-corrected chi connectivity index (χ4v) is 3.86. The fraction of sp³-hybridized carbons (Fsp3) is 0.0500. The van der Waals surface area contributed by atoms with E-state index >= 15 is 0 Å². The molecule has 3 rings (SSSR count). The van der Waals surface area contributed by atoms with Crippen LogP contribution in [0.2, 0.25) is 0 Å². The van der Waals surface area contributed by atoms with Crippen LogP contribution in [0.5, 0.6) is 11.5 Å². The number of aromatic carboxylic acids is 1. The molecule has 0 heterocycles. The van der Waals surface area contributed by atoms with E-state index in [4.69, 9.17) is 0 Å². The van der Waals surface area contributed by atoms with Gasteiger partial charge in [0.05, 0.1) is 21.1 Å². The van der Waals surface area contributed by atoms with Gasteiger partial charge >= 0.3 is 11.7 Å². The number of hydrogen-bond donors (Lipinski definition) is 4. The first-order valence-electron chi connectivity index (χ1n) is 9.14. The van der Waals surface area contributed by atoms with Crippen LogP contribution in [0.4, 0.5) is 17.1 Å². The van der Waals surface area contributed by atoms with Crippen molar-refractivity contribution in [3.63, 3.8) is 0 Å². The Balaban J connectivity index is 1.88. The lowest BCUT2D eigenvalue weighted by Crippen LogP contribution is -2.63. The molecule has 0 spiro atoms. The number of rotatable bonds is 8. The van der Waals surface area contributed by atoms with E-state index in [1.807, 2.05) is 0 Å². The van der Waals surface area contributed by atoms with Crippen LogP contribution in [0.25, 0.3) is 0 Å². The average Bonchev–Trinajstić information content (AvgIpc) is 2.76. The summed E-state index contributed by atoms with van der Waals surface area (Å²) in [5.74, 6) is -2.35. The van der Waals surface area contributed by atoms with Crippen LogP contribution in [-0.2, 0) is 16.6 Å². The number of hydrogen-bond acceptors (Lipinski definition) is 8. The molecule has 3 aromatic carbocycles. The largest absolute Gasteiger partial charge is 0.870 e. The molecule has 0 atom stereocenters. The zero-order valence-electron chi connectivity index (χ0n) is 16.6. The van der Waals surface area contributed by atoms with E-state index in [1.165, 1.54) is 36.4 Å². The molecule has 33 heavy (non-hydrogen) atoms. The summed E-state index contributed by atoms with van der Waals surface area (Å²) >= 11 is 0. The first kappa shape index (κ1) is 23.1. The summed E-state index contributed by atoms with van der Waals surface area (Å²) in [6.45, 7) is 0.0264. The number of nitrogens with one attached hydrogen (secondary N) is 2. The second kappa shape index (κ2) is 9.32. The van der Waals surface area contributed by atoms with Crippen molar-refractivity contribution in [1.82, 2.24) is 0 Å². The number of sulfonamides is 1. The second-order valence-electron chi connectivity index (χ2n) is 6.61. The maximum Gasteiger partial charge on any atom is 0.337 e. The highest BCUT2D eigenvalue weighted by Crippen LogP contribution is 2.30. The third-order valence-electron chi connectivity index (χ3n) is 4.36. The summed E-state index contributed by atoms with van der Waals surface area (Å²) in [6, 6.07) is 12.1. The first-order valence-corrected chi connectivity index (χ1v) is 10.6. The average molecular weight is 472 g/mol. The lowest BCUT2D eigenvalue weighted by molar-refractivity contribution is -0.545. The number of carbonyl (C=O) groups is 1. The number of benzene rings is 3. The monoisotopic (exact) mass is 472 g/mol. The Morgan fingerprint density at radius 2 is 1.85 bits per heavy atom. The maximum absolute atomic E-state index is 12.7. The van der Waals surface area contributed by atoms with Crippen LogP contribution in [0.15, 0.2) is 70.7 Å². The van der Waals surface area contributed by atoms with Gasteiger partial charge in [0.25, 0.3) is 10.0 Å². The first-order chi connectivity index (χ1) is 15.6. The molecule has 170 valence electrons. The Morgan fingerprint density at radius 3 is 2.52 bits per heavy atom. The normalized spacial score (nSPS) is 11.4. The van der Waals surface area contributed by atoms with Gasteiger partial charge in [-0.3, -0.25) is 14.8 Å². The minimum atomic E-state index is -4.35. The molecule has 0 amide bonds. The molecule has 4 N–H and O–H groups in total. The summed E-state index contributed by atoms with van der Waals surface area (Å²) in [5.41, 5.74) is -0.791. The van der Waals surface area contributed by atoms with E-state index in [1.54, 1.807) is 0 Å². The number of nitro groups is 1. The predicted molar refractivity (Wildman–Crippen MR) is 112 cm³/mol. The minimum absolute atomic E-state index is 0.0264. The molecule has 0 aromatic heterocycles. The number of aromatic hydroxyl groups is 1. The van der Waals surface area contributed by atoms with Crippen molar-refractivity contribution >= 4 is 33.1 Å². The van der Waals surface area contributed by atoms with E-state index < -0.39 is 43.0 Å². The van der Waals surface area contributed by atoms with Gasteiger partial charge in [0.2, 0.25) is 5.69 Å². The summed E-state index contributed by atoms with van der Waals surface area (Å²) in [4.78, 5) is 21.5. The molecule has 12 nitrogen and oxygen atoms in total. The number of para-hydroxylation sites is 1. The predicted octanol–water partition coefficient (Wildman–Crippen LogP) is 1.24. The number of anilines is 1. The number of phenols is 1. The van der Waals surface area contributed by atoms with Crippen LogP contribution in [0.1, 0.15) is 15.9 Å². The van der Waals surface area contributed by atoms with Gasteiger partial charge in [-0.2, -0.15) is 0 Å². The van der Waals surface area contributed by atoms with Crippen LogP contribution in [0, 0.1) is 10.1 Å².